The van der Waals surface area contributed by atoms with E-state index in [0.717, 1.165) is 28.0 Å². The first-order valence-corrected chi connectivity index (χ1v) is 12.3. The summed E-state index contributed by atoms with van der Waals surface area (Å²) in [4.78, 5) is 19.3. The topological polar surface area (TPSA) is 70.3 Å². The molecule has 0 atom stereocenters. The van der Waals surface area contributed by atoms with Crippen molar-refractivity contribution in [1.29, 1.82) is 0 Å². The second kappa shape index (κ2) is 7.98. The summed E-state index contributed by atoms with van der Waals surface area (Å²) in [5.41, 5.74) is 4.98. The van der Waals surface area contributed by atoms with Gasteiger partial charge in [0.05, 0.1) is 40.4 Å². The van der Waals surface area contributed by atoms with E-state index in [0.29, 0.717) is 36.6 Å². The van der Waals surface area contributed by atoms with Crippen molar-refractivity contribution in [2.75, 3.05) is 26.2 Å². The number of aryl methyl sites for hydroxylation is 1. The van der Waals surface area contributed by atoms with Gasteiger partial charge in [-0.2, -0.15) is 0 Å². The number of aromatic nitrogens is 1. The van der Waals surface area contributed by atoms with E-state index in [1.54, 1.807) is 24.5 Å². The number of hydrogen-bond donors (Lipinski definition) is 0. The molecule has 1 fully saturated rings. The zero-order valence-electron chi connectivity index (χ0n) is 17.9. The number of rotatable bonds is 1. The second-order valence-corrected chi connectivity index (χ2v) is 10.2. The maximum absolute atomic E-state index is 13.1. The van der Waals surface area contributed by atoms with Crippen LogP contribution in [0.5, 0.6) is 0 Å². The van der Waals surface area contributed by atoms with Gasteiger partial charge in [0.15, 0.2) is 22.9 Å². The monoisotopic (exact) mass is 446 g/mol. The molecule has 1 amide bonds. The van der Waals surface area contributed by atoms with E-state index < -0.39 is 9.84 Å². The number of carbonyl (C=O) groups is 1. The van der Waals surface area contributed by atoms with E-state index in [1.165, 1.54) is 0 Å². The Balaban J connectivity index is 1.55. The SMILES string of the molecule is Cc1cncc(C(=O)N2CC[N+](=C3c4ccccc4CS(=O)(=O)c4ccccc43)CC2)c1. The average molecular weight is 447 g/mol. The lowest BCUT2D eigenvalue weighted by Crippen LogP contribution is -2.47. The number of benzene rings is 2. The van der Waals surface area contributed by atoms with Crippen molar-refractivity contribution in [3.63, 3.8) is 0 Å². The predicted octanol–water partition coefficient (Wildman–Crippen LogP) is 2.68. The summed E-state index contributed by atoms with van der Waals surface area (Å²) in [5.74, 6) is -0.0298. The normalized spacial score (nSPS) is 17.3. The minimum absolute atomic E-state index is 0.0114. The first kappa shape index (κ1) is 20.6. The molecule has 0 saturated carbocycles. The van der Waals surface area contributed by atoms with Gasteiger partial charge < -0.3 is 4.90 Å². The quantitative estimate of drug-likeness (QED) is 0.539. The first-order chi connectivity index (χ1) is 15.4. The molecule has 3 heterocycles. The number of fused-ring (bicyclic) bond motifs is 2. The molecule has 3 aromatic rings. The van der Waals surface area contributed by atoms with Gasteiger partial charge in [-0.1, -0.05) is 30.3 Å². The van der Waals surface area contributed by atoms with Gasteiger partial charge in [0.2, 0.25) is 5.71 Å². The zero-order valence-corrected chi connectivity index (χ0v) is 18.7. The fraction of sp³-hybridized carbons (Fsp3) is 0.240. The van der Waals surface area contributed by atoms with Gasteiger partial charge in [0.25, 0.3) is 5.91 Å². The molecule has 0 N–H and O–H groups in total. The zero-order chi connectivity index (χ0) is 22.3. The van der Waals surface area contributed by atoms with Crippen LogP contribution in [-0.4, -0.2) is 60.7 Å². The number of carbonyl (C=O) groups excluding carboxylic acids is 1. The molecule has 162 valence electrons. The Hall–Kier alpha value is -3.32. The van der Waals surface area contributed by atoms with Gasteiger partial charge in [0, 0.05) is 12.4 Å². The summed E-state index contributed by atoms with van der Waals surface area (Å²) < 4.78 is 28.5. The van der Waals surface area contributed by atoms with Crippen LogP contribution in [-0.2, 0) is 15.6 Å². The van der Waals surface area contributed by atoms with E-state index in [9.17, 15) is 13.2 Å². The van der Waals surface area contributed by atoms with Crippen LogP contribution in [0.15, 0.2) is 71.9 Å². The molecule has 7 heteroatoms. The highest BCUT2D eigenvalue weighted by atomic mass is 32.2. The standard InChI is InChI=1S/C25H24N3O3S/c1-18-14-20(16-26-15-18)25(29)28-12-10-27(11-13-28)24-21-7-3-2-6-19(21)17-32(30,31)23-9-5-4-8-22(23)24/h2-9,14-16H,10-13,17H2,1H3/q+1. The third kappa shape index (κ3) is 3.62. The first-order valence-electron chi connectivity index (χ1n) is 10.7. The summed E-state index contributed by atoms with van der Waals surface area (Å²) >= 11 is 0. The molecule has 0 aliphatic carbocycles. The van der Waals surface area contributed by atoms with Crippen LogP contribution in [0.3, 0.4) is 0 Å². The molecular weight excluding hydrogens is 422 g/mol. The number of amides is 1. The van der Waals surface area contributed by atoms with Crippen LogP contribution >= 0.6 is 0 Å². The lowest BCUT2D eigenvalue weighted by atomic mass is 9.97. The summed E-state index contributed by atoms with van der Waals surface area (Å²) in [6.07, 6.45) is 3.35. The lowest BCUT2D eigenvalue weighted by molar-refractivity contribution is -0.537. The third-order valence-electron chi connectivity index (χ3n) is 6.10. The minimum Gasteiger partial charge on any atom is -0.326 e. The largest absolute Gasteiger partial charge is 0.326 e. The Labute approximate surface area is 187 Å². The molecule has 0 bridgehead atoms. The second-order valence-electron chi connectivity index (χ2n) is 8.29. The molecular formula is C25H24N3O3S+. The van der Waals surface area contributed by atoms with Crippen molar-refractivity contribution in [3.8, 4) is 0 Å². The van der Waals surface area contributed by atoms with Crippen molar-refractivity contribution in [2.24, 2.45) is 0 Å². The number of piperazine rings is 1. The number of hydrogen-bond acceptors (Lipinski definition) is 4. The highest BCUT2D eigenvalue weighted by Gasteiger charge is 2.35. The molecule has 0 unspecified atom stereocenters. The van der Waals surface area contributed by atoms with Crippen LogP contribution in [0.25, 0.3) is 0 Å². The molecule has 2 aliphatic heterocycles. The van der Waals surface area contributed by atoms with Crippen LogP contribution in [0.4, 0.5) is 0 Å². The summed E-state index contributed by atoms with van der Waals surface area (Å²) in [6, 6.07) is 16.8. The van der Waals surface area contributed by atoms with Crippen LogP contribution in [0, 0.1) is 6.92 Å². The summed E-state index contributed by atoms with van der Waals surface area (Å²) in [6.45, 7) is 4.31. The Bertz CT molecular complexity index is 1350. The summed E-state index contributed by atoms with van der Waals surface area (Å²) in [7, 11) is -3.45. The molecule has 5 rings (SSSR count). The van der Waals surface area contributed by atoms with Gasteiger partial charge in [-0.3, -0.25) is 9.78 Å². The van der Waals surface area contributed by atoms with Gasteiger partial charge in [-0.05, 0) is 42.3 Å². The van der Waals surface area contributed by atoms with Gasteiger partial charge >= 0.3 is 0 Å². The molecule has 2 aromatic carbocycles. The molecule has 0 radical (unpaired) electrons. The molecule has 1 aromatic heterocycles. The molecule has 1 saturated heterocycles. The average Bonchev–Trinajstić information content (AvgIpc) is 2.90. The van der Waals surface area contributed by atoms with Gasteiger partial charge in [-0.25, -0.2) is 13.0 Å². The number of sulfone groups is 1. The number of nitrogens with zero attached hydrogens (tertiary/aromatic N) is 3. The van der Waals surface area contributed by atoms with Crippen molar-refractivity contribution in [1.82, 2.24) is 9.88 Å². The lowest BCUT2D eigenvalue weighted by Gasteiger charge is -2.27. The van der Waals surface area contributed by atoms with Crippen LogP contribution in [0.1, 0.15) is 32.6 Å². The van der Waals surface area contributed by atoms with E-state index in [1.807, 2.05) is 54.3 Å². The van der Waals surface area contributed by atoms with Crippen molar-refractivity contribution < 1.29 is 17.8 Å². The van der Waals surface area contributed by atoms with E-state index >= 15 is 0 Å². The van der Waals surface area contributed by atoms with E-state index in [2.05, 4.69) is 9.56 Å². The van der Waals surface area contributed by atoms with Crippen LogP contribution in [0.2, 0.25) is 0 Å². The smallest absolute Gasteiger partial charge is 0.255 e. The van der Waals surface area contributed by atoms with Crippen molar-refractivity contribution >= 4 is 21.5 Å². The molecule has 0 spiro atoms. The Morgan fingerprint density at radius 1 is 0.969 bits per heavy atom. The van der Waals surface area contributed by atoms with Gasteiger partial charge in [0.1, 0.15) is 0 Å². The van der Waals surface area contributed by atoms with Crippen molar-refractivity contribution in [3.05, 3.63) is 94.8 Å². The Kier molecular flexibility index (Phi) is 5.13. The molecule has 2 aliphatic rings. The Morgan fingerprint density at radius 2 is 1.66 bits per heavy atom. The van der Waals surface area contributed by atoms with Crippen LogP contribution < -0.4 is 0 Å². The highest BCUT2D eigenvalue weighted by Crippen LogP contribution is 2.30. The molecule has 32 heavy (non-hydrogen) atoms. The molecule has 6 nitrogen and oxygen atoms in total. The van der Waals surface area contributed by atoms with E-state index in [-0.39, 0.29) is 11.7 Å². The minimum atomic E-state index is -3.45. The number of pyridine rings is 1. The fourth-order valence-electron chi connectivity index (χ4n) is 4.57. The predicted molar refractivity (Wildman–Crippen MR) is 122 cm³/mol. The maximum Gasteiger partial charge on any atom is 0.255 e. The Morgan fingerprint density at radius 3 is 2.41 bits per heavy atom. The summed E-state index contributed by atoms with van der Waals surface area (Å²) in [5, 5.41) is 0. The fourth-order valence-corrected chi connectivity index (χ4v) is 6.17. The van der Waals surface area contributed by atoms with Gasteiger partial charge in [-0.15, -0.1) is 0 Å². The maximum atomic E-state index is 13.1. The van der Waals surface area contributed by atoms with E-state index in [4.69, 9.17) is 0 Å². The highest BCUT2D eigenvalue weighted by molar-refractivity contribution is 7.90. The third-order valence-corrected chi connectivity index (χ3v) is 7.82. The van der Waals surface area contributed by atoms with Crippen molar-refractivity contribution in [2.45, 2.75) is 17.6 Å².